The van der Waals surface area contributed by atoms with Gasteiger partial charge in [-0.15, -0.1) is 0 Å². The molecule has 15 heteroatoms. The lowest BCUT2D eigenvalue weighted by Crippen LogP contribution is -2.21. The quantitative estimate of drug-likeness (QED) is 0.301. The van der Waals surface area contributed by atoms with Gasteiger partial charge in [0.1, 0.15) is 21.8 Å². The third-order valence-electron chi connectivity index (χ3n) is 5.43. The third kappa shape index (κ3) is 5.61. The Morgan fingerprint density at radius 2 is 1.87 bits per heavy atom. The first-order valence-electron chi connectivity index (χ1n) is 10.9. The van der Waals surface area contributed by atoms with Crippen molar-refractivity contribution in [3.63, 3.8) is 0 Å². The monoisotopic (exact) mass is 551 g/mol. The molecule has 2 N–H and O–H groups in total. The number of anilines is 1. The smallest absolute Gasteiger partial charge is 0.407 e. The maximum atomic E-state index is 13.2. The first kappa shape index (κ1) is 26.7. The number of hydrogen-bond donors (Lipinski definition) is 2. The molecule has 4 rings (SSSR count). The molecule has 0 saturated heterocycles. The molecule has 0 saturated carbocycles. The lowest BCUT2D eigenvalue weighted by Gasteiger charge is -2.12. The lowest BCUT2D eigenvalue weighted by molar-refractivity contribution is 0.151. The molecule has 0 aliphatic heterocycles. The molecule has 38 heavy (non-hydrogen) atoms. The zero-order valence-electron chi connectivity index (χ0n) is 20.4. The molecule has 12 nitrogen and oxygen atoms in total. The summed E-state index contributed by atoms with van der Waals surface area (Å²) in [6, 6.07) is 6.35. The van der Waals surface area contributed by atoms with Gasteiger partial charge >= 0.3 is 6.09 Å². The topological polar surface area (TPSA) is 147 Å². The minimum absolute atomic E-state index is 0.121. The number of alkyl carbamates (subject to hydrolysis) is 1. The highest BCUT2D eigenvalue weighted by atomic mass is 32.2. The van der Waals surface area contributed by atoms with E-state index in [1.165, 1.54) is 21.3 Å². The molecular weight excluding hydrogens is 528 g/mol. The van der Waals surface area contributed by atoms with E-state index in [1.807, 2.05) is 0 Å². The SMILES string of the molecule is COC(=O)NCc1cnn(Cc2cc(OC)c3c(NS(=O)(=O)c4cc(C(F)F)ccc4OC)noc3c2)c1. The average molecular weight is 552 g/mol. The fourth-order valence-electron chi connectivity index (χ4n) is 3.65. The van der Waals surface area contributed by atoms with Gasteiger partial charge in [0.2, 0.25) is 0 Å². The van der Waals surface area contributed by atoms with Gasteiger partial charge in [-0.3, -0.25) is 9.40 Å². The van der Waals surface area contributed by atoms with E-state index >= 15 is 0 Å². The average Bonchev–Trinajstić information content (AvgIpc) is 3.52. The summed E-state index contributed by atoms with van der Waals surface area (Å²) in [4.78, 5) is 10.8. The minimum Gasteiger partial charge on any atom is -0.496 e. The zero-order valence-corrected chi connectivity index (χ0v) is 21.2. The number of halogens is 2. The molecule has 0 aliphatic rings. The van der Waals surface area contributed by atoms with E-state index in [0.717, 1.165) is 23.8 Å². The van der Waals surface area contributed by atoms with Crippen LogP contribution in [0.15, 0.2) is 52.1 Å². The molecule has 2 heterocycles. The molecule has 0 atom stereocenters. The Morgan fingerprint density at radius 3 is 2.55 bits per heavy atom. The van der Waals surface area contributed by atoms with Crippen LogP contribution in [0.3, 0.4) is 0 Å². The maximum Gasteiger partial charge on any atom is 0.407 e. The normalized spacial score (nSPS) is 11.5. The predicted molar refractivity (Wildman–Crippen MR) is 130 cm³/mol. The summed E-state index contributed by atoms with van der Waals surface area (Å²) >= 11 is 0. The lowest BCUT2D eigenvalue weighted by atomic mass is 10.1. The van der Waals surface area contributed by atoms with E-state index in [1.54, 1.807) is 29.2 Å². The predicted octanol–water partition coefficient (Wildman–Crippen LogP) is 3.68. The highest BCUT2D eigenvalue weighted by Crippen LogP contribution is 2.36. The van der Waals surface area contributed by atoms with Crippen LogP contribution in [-0.4, -0.2) is 50.8 Å². The van der Waals surface area contributed by atoms with Gasteiger partial charge in [0.05, 0.1) is 34.1 Å². The van der Waals surface area contributed by atoms with Gasteiger partial charge < -0.3 is 24.1 Å². The molecule has 2 aromatic heterocycles. The van der Waals surface area contributed by atoms with E-state index in [0.29, 0.717) is 12.1 Å². The van der Waals surface area contributed by atoms with E-state index < -0.39 is 33.0 Å². The van der Waals surface area contributed by atoms with E-state index in [9.17, 15) is 22.0 Å². The highest BCUT2D eigenvalue weighted by Gasteiger charge is 2.26. The molecule has 4 aromatic rings. The summed E-state index contributed by atoms with van der Waals surface area (Å²) in [6.07, 6.45) is -0.126. The van der Waals surface area contributed by atoms with Gasteiger partial charge in [0.15, 0.2) is 11.4 Å². The number of nitrogens with one attached hydrogen (secondary N) is 2. The Balaban J connectivity index is 1.61. The second-order valence-electron chi connectivity index (χ2n) is 7.91. The fraction of sp³-hybridized carbons (Fsp3) is 0.261. The van der Waals surface area contributed by atoms with Crippen molar-refractivity contribution in [1.82, 2.24) is 20.3 Å². The molecule has 0 unspecified atom stereocenters. The van der Waals surface area contributed by atoms with Crippen molar-refractivity contribution in [2.24, 2.45) is 0 Å². The molecule has 0 bridgehead atoms. The number of hydrogen-bond acceptors (Lipinski definition) is 9. The number of carbonyl (C=O) groups excluding carboxylic acids is 1. The van der Waals surface area contributed by atoms with Crippen LogP contribution >= 0.6 is 0 Å². The van der Waals surface area contributed by atoms with Gasteiger partial charge in [0, 0.05) is 23.9 Å². The number of rotatable bonds is 10. The largest absolute Gasteiger partial charge is 0.496 e. The van der Waals surface area contributed by atoms with Crippen LogP contribution < -0.4 is 19.5 Å². The summed E-state index contributed by atoms with van der Waals surface area (Å²) in [6.45, 7) is 0.523. The summed E-state index contributed by atoms with van der Waals surface area (Å²) in [7, 11) is -0.520. The molecule has 0 radical (unpaired) electrons. The van der Waals surface area contributed by atoms with Crippen molar-refractivity contribution >= 4 is 32.9 Å². The number of fused-ring (bicyclic) bond motifs is 1. The van der Waals surface area contributed by atoms with Gasteiger partial charge in [-0.05, 0) is 35.9 Å². The van der Waals surface area contributed by atoms with E-state index in [2.05, 4.69) is 25.0 Å². The van der Waals surface area contributed by atoms with Crippen molar-refractivity contribution in [2.75, 3.05) is 26.1 Å². The van der Waals surface area contributed by atoms with Crippen molar-refractivity contribution in [3.05, 3.63) is 59.4 Å². The molecule has 0 aliphatic carbocycles. The van der Waals surface area contributed by atoms with Crippen LogP contribution in [0.4, 0.5) is 19.4 Å². The summed E-state index contributed by atoms with van der Waals surface area (Å²) in [5.41, 5.74) is 1.17. The first-order valence-corrected chi connectivity index (χ1v) is 12.4. The third-order valence-corrected chi connectivity index (χ3v) is 6.79. The molecule has 202 valence electrons. The maximum absolute atomic E-state index is 13.2. The Kier molecular flexibility index (Phi) is 7.66. The van der Waals surface area contributed by atoms with Gasteiger partial charge in [-0.1, -0.05) is 5.16 Å². The Morgan fingerprint density at radius 1 is 1.11 bits per heavy atom. The second kappa shape index (κ2) is 10.9. The molecule has 0 fully saturated rings. The van der Waals surface area contributed by atoms with Crippen LogP contribution in [0, 0.1) is 0 Å². The van der Waals surface area contributed by atoms with Crippen LogP contribution in [-0.2, 0) is 27.8 Å². The standard InChI is InChI=1S/C23H23F2N5O7S/c1-34-16-5-4-15(21(24)25)8-19(16)38(32,33)29-22-20-17(35-2)6-13(7-18(20)37-28-22)11-30-12-14(10-27-30)9-26-23(31)36-3/h4-8,10,12,21H,9,11H2,1-3H3,(H,26,31)(H,28,29). The number of alkyl halides is 2. The summed E-state index contributed by atoms with van der Waals surface area (Å²) in [5, 5.41) is 10.9. The van der Waals surface area contributed by atoms with Gasteiger partial charge in [-0.2, -0.15) is 5.10 Å². The van der Waals surface area contributed by atoms with Gasteiger partial charge in [-0.25, -0.2) is 22.0 Å². The number of methoxy groups -OCH3 is 3. The number of nitrogens with zero attached hydrogens (tertiary/aromatic N) is 3. The van der Waals surface area contributed by atoms with Crippen molar-refractivity contribution in [2.45, 2.75) is 24.4 Å². The van der Waals surface area contributed by atoms with Crippen LogP contribution in [0.2, 0.25) is 0 Å². The number of amides is 1. The highest BCUT2D eigenvalue weighted by molar-refractivity contribution is 7.92. The van der Waals surface area contributed by atoms with E-state index in [-0.39, 0.29) is 34.8 Å². The summed E-state index contributed by atoms with van der Waals surface area (Å²) in [5.74, 6) is -0.0584. The molecular formula is C23H23F2N5O7S. The zero-order chi connectivity index (χ0) is 27.4. The van der Waals surface area contributed by atoms with Crippen molar-refractivity contribution in [1.29, 1.82) is 0 Å². The second-order valence-corrected chi connectivity index (χ2v) is 9.56. The Labute approximate surface area is 215 Å². The van der Waals surface area contributed by atoms with Crippen molar-refractivity contribution < 1.29 is 40.7 Å². The van der Waals surface area contributed by atoms with Crippen LogP contribution in [0.25, 0.3) is 11.0 Å². The van der Waals surface area contributed by atoms with Crippen molar-refractivity contribution in [3.8, 4) is 11.5 Å². The number of benzene rings is 2. The summed E-state index contributed by atoms with van der Waals surface area (Å²) < 4.78 is 77.0. The van der Waals surface area contributed by atoms with Crippen LogP contribution in [0.1, 0.15) is 23.1 Å². The molecule has 0 spiro atoms. The number of sulfonamides is 1. The van der Waals surface area contributed by atoms with Crippen LogP contribution in [0.5, 0.6) is 11.5 Å². The fourth-order valence-corrected chi connectivity index (χ4v) is 4.86. The van der Waals surface area contributed by atoms with Gasteiger partial charge in [0.25, 0.3) is 16.4 Å². The van der Waals surface area contributed by atoms with E-state index in [4.69, 9.17) is 14.0 Å². The number of carbonyl (C=O) groups is 1. The molecule has 2 aromatic carbocycles. The number of aromatic nitrogens is 3. The Bertz CT molecular complexity index is 1570. The first-order chi connectivity index (χ1) is 18.1. The Hall–Kier alpha value is -4.40. The number of ether oxygens (including phenoxy) is 3. The minimum atomic E-state index is -4.41. The molecule has 1 amide bonds.